The van der Waals surface area contributed by atoms with Gasteiger partial charge in [0.25, 0.3) is 0 Å². The van der Waals surface area contributed by atoms with Gasteiger partial charge in [-0.05, 0) is 49.1 Å². The molecule has 0 radical (unpaired) electrons. The second-order valence-electron chi connectivity index (χ2n) is 7.28. The number of likely N-dealkylation sites (N-methyl/N-ethyl adjacent to an activating group) is 1. The third-order valence-corrected chi connectivity index (χ3v) is 4.66. The molecule has 2 aromatic carbocycles. The second kappa shape index (κ2) is 11.0. The molecule has 0 amide bonds. The smallest absolute Gasteiger partial charge is 0.122 e. The van der Waals surface area contributed by atoms with Crippen molar-refractivity contribution in [1.29, 1.82) is 0 Å². The minimum atomic E-state index is -0.528. The molecule has 0 heterocycles. The molecule has 0 fully saturated rings. The van der Waals surface area contributed by atoms with E-state index in [-0.39, 0.29) is 0 Å². The topological polar surface area (TPSA) is 44.7 Å². The summed E-state index contributed by atoms with van der Waals surface area (Å²) in [6.45, 7) is 12.1. The summed E-state index contributed by atoms with van der Waals surface area (Å²) in [5.41, 5.74) is 3.69. The molecule has 2 rings (SSSR count). The molecule has 2 aromatic rings. The predicted molar refractivity (Wildman–Crippen MR) is 114 cm³/mol. The molecule has 0 bridgehead atoms. The van der Waals surface area contributed by atoms with E-state index in [0.29, 0.717) is 19.1 Å². The van der Waals surface area contributed by atoms with Gasteiger partial charge in [-0.25, -0.2) is 0 Å². The summed E-state index contributed by atoms with van der Waals surface area (Å²) in [6.07, 6.45) is -0.528. The molecular weight excluding hydrogens is 336 g/mol. The van der Waals surface area contributed by atoms with E-state index in [1.54, 1.807) is 0 Å². The molecule has 4 heteroatoms. The van der Waals surface area contributed by atoms with Crippen LogP contribution in [-0.4, -0.2) is 44.0 Å². The highest BCUT2D eigenvalue weighted by Gasteiger charge is 2.10. The molecule has 0 aliphatic heterocycles. The van der Waals surface area contributed by atoms with Crippen LogP contribution in [0.4, 0.5) is 5.69 Å². The maximum absolute atomic E-state index is 10.2. The summed E-state index contributed by atoms with van der Waals surface area (Å²) in [6, 6.07) is 16.6. The quantitative estimate of drug-likeness (QED) is 0.588. The Hall–Kier alpha value is -2.04. The lowest BCUT2D eigenvalue weighted by atomic mass is 10.0. The van der Waals surface area contributed by atoms with Crippen LogP contribution >= 0.6 is 0 Å². The number of hydrogen-bond donors (Lipinski definition) is 2. The summed E-state index contributed by atoms with van der Waals surface area (Å²) in [7, 11) is 0. The number of nitrogens with zero attached hydrogens (tertiary/aromatic N) is 1. The monoisotopic (exact) mass is 370 g/mol. The predicted octanol–water partition coefficient (Wildman–Crippen LogP) is 3.97. The van der Waals surface area contributed by atoms with Gasteiger partial charge in [0.15, 0.2) is 0 Å². The van der Waals surface area contributed by atoms with Crippen molar-refractivity contribution in [3.8, 4) is 5.75 Å². The molecular formula is C23H34N2O2. The average Bonchev–Trinajstić information content (AvgIpc) is 2.66. The van der Waals surface area contributed by atoms with E-state index < -0.39 is 6.10 Å². The van der Waals surface area contributed by atoms with Gasteiger partial charge in [-0.1, -0.05) is 44.2 Å². The third kappa shape index (κ3) is 6.89. The zero-order valence-corrected chi connectivity index (χ0v) is 17.1. The van der Waals surface area contributed by atoms with Crippen LogP contribution in [-0.2, 0) is 0 Å². The molecule has 4 nitrogen and oxygen atoms in total. The number of rotatable bonds is 11. The van der Waals surface area contributed by atoms with Gasteiger partial charge in [0, 0.05) is 31.9 Å². The van der Waals surface area contributed by atoms with Crippen molar-refractivity contribution in [3.63, 3.8) is 0 Å². The first-order valence-corrected chi connectivity index (χ1v) is 9.93. The Morgan fingerprint density at radius 1 is 1.11 bits per heavy atom. The first-order valence-electron chi connectivity index (χ1n) is 9.93. The first-order chi connectivity index (χ1) is 13.0. The van der Waals surface area contributed by atoms with Crippen LogP contribution in [0.3, 0.4) is 0 Å². The number of ether oxygens (including phenoxy) is 1. The van der Waals surface area contributed by atoms with E-state index in [0.717, 1.165) is 25.4 Å². The summed E-state index contributed by atoms with van der Waals surface area (Å²) < 4.78 is 5.84. The Bertz CT molecular complexity index is 688. The molecule has 0 spiro atoms. The number of benzene rings is 2. The zero-order valence-electron chi connectivity index (χ0n) is 17.1. The SMILES string of the molecule is CCN(CCNC[C@@H](O)COc1ccccc1C(C)C)c1cccc(C)c1. The highest BCUT2D eigenvalue weighted by atomic mass is 16.5. The molecule has 2 N–H and O–H groups in total. The minimum Gasteiger partial charge on any atom is -0.491 e. The normalized spacial score (nSPS) is 12.2. The maximum atomic E-state index is 10.2. The highest BCUT2D eigenvalue weighted by molar-refractivity contribution is 5.48. The van der Waals surface area contributed by atoms with E-state index in [1.165, 1.54) is 16.8 Å². The lowest BCUT2D eigenvalue weighted by Gasteiger charge is -2.24. The van der Waals surface area contributed by atoms with Gasteiger partial charge in [-0.15, -0.1) is 0 Å². The van der Waals surface area contributed by atoms with Crippen molar-refractivity contribution in [1.82, 2.24) is 5.32 Å². The lowest BCUT2D eigenvalue weighted by Crippen LogP contribution is -2.37. The van der Waals surface area contributed by atoms with Crippen LogP contribution in [0.25, 0.3) is 0 Å². The Morgan fingerprint density at radius 3 is 2.59 bits per heavy atom. The Labute approximate surface area is 164 Å². The van der Waals surface area contributed by atoms with Crippen molar-refractivity contribution in [3.05, 3.63) is 59.7 Å². The van der Waals surface area contributed by atoms with Gasteiger partial charge < -0.3 is 20.1 Å². The van der Waals surface area contributed by atoms with Gasteiger partial charge in [0.2, 0.25) is 0 Å². The van der Waals surface area contributed by atoms with Gasteiger partial charge in [0.1, 0.15) is 18.5 Å². The Kier molecular flexibility index (Phi) is 8.62. The number of aryl methyl sites for hydroxylation is 1. The molecule has 148 valence electrons. The summed E-state index contributed by atoms with van der Waals surface area (Å²) in [5.74, 6) is 1.27. The van der Waals surface area contributed by atoms with Crippen molar-refractivity contribution in [2.45, 2.75) is 39.7 Å². The molecule has 1 atom stereocenters. The zero-order chi connectivity index (χ0) is 19.6. The molecule has 0 aliphatic rings. The molecule has 0 unspecified atom stereocenters. The lowest BCUT2D eigenvalue weighted by molar-refractivity contribution is 0.106. The van der Waals surface area contributed by atoms with Crippen molar-refractivity contribution >= 4 is 5.69 Å². The van der Waals surface area contributed by atoms with Crippen LogP contribution in [0.2, 0.25) is 0 Å². The minimum absolute atomic E-state index is 0.298. The first kappa shape index (κ1) is 21.3. The van der Waals surface area contributed by atoms with Crippen LogP contribution in [0.15, 0.2) is 48.5 Å². The standard InChI is InChI=1S/C23H34N2O2/c1-5-25(20-10-8-9-19(4)15-20)14-13-24-16-21(26)17-27-23-12-7-6-11-22(23)18(2)3/h6-12,15,18,21,24,26H,5,13-14,16-17H2,1-4H3/t21-/m1/s1. The van der Waals surface area contributed by atoms with Crippen LogP contribution in [0.1, 0.15) is 37.8 Å². The number of anilines is 1. The molecule has 27 heavy (non-hydrogen) atoms. The van der Waals surface area contributed by atoms with Gasteiger partial charge >= 0.3 is 0 Å². The molecule has 0 saturated carbocycles. The summed E-state index contributed by atoms with van der Waals surface area (Å²) in [5, 5.41) is 13.6. The van der Waals surface area contributed by atoms with Gasteiger partial charge in [-0.3, -0.25) is 0 Å². The van der Waals surface area contributed by atoms with Crippen molar-refractivity contribution in [2.24, 2.45) is 0 Å². The van der Waals surface area contributed by atoms with Crippen molar-refractivity contribution in [2.75, 3.05) is 37.7 Å². The number of nitrogens with one attached hydrogen (secondary N) is 1. The average molecular weight is 371 g/mol. The van der Waals surface area contributed by atoms with Crippen LogP contribution in [0.5, 0.6) is 5.75 Å². The number of aliphatic hydroxyl groups excluding tert-OH is 1. The fraction of sp³-hybridized carbons (Fsp3) is 0.478. The van der Waals surface area contributed by atoms with Crippen LogP contribution in [0, 0.1) is 6.92 Å². The summed E-state index contributed by atoms with van der Waals surface area (Å²) in [4.78, 5) is 2.34. The van der Waals surface area contributed by atoms with E-state index in [1.807, 2.05) is 18.2 Å². The van der Waals surface area contributed by atoms with E-state index in [2.05, 4.69) is 68.2 Å². The van der Waals surface area contributed by atoms with E-state index in [4.69, 9.17) is 4.74 Å². The van der Waals surface area contributed by atoms with Crippen LogP contribution < -0.4 is 15.0 Å². The fourth-order valence-electron chi connectivity index (χ4n) is 3.11. The van der Waals surface area contributed by atoms with E-state index >= 15 is 0 Å². The third-order valence-electron chi connectivity index (χ3n) is 4.66. The van der Waals surface area contributed by atoms with Gasteiger partial charge in [-0.2, -0.15) is 0 Å². The molecule has 0 aromatic heterocycles. The number of aliphatic hydroxyl groups is 1. The summed E-state index contributed by atoms with van der Waals surface area (Å²) >= 11 is 0. The highest BCUT2D eigenvalue weighted by Crippen LogP contribution is 2.25. The number of para-hydroxylation sites is 1. The largest absolute Gasteiger partial charge is 0.491 e. The van der Waals surface area contributed by atoms with E-state index in [9.17, 15) is 5.11 Å². The Balaban J connectivity index is 1.72. The number of hydrogen-bond acceptors (Lipinski definition) is 4. The molecule has 0 saturated heterocycles. The fourth-order valence-corrected chi connectivity index (χ4v) is 3.11. The second-order valence-corrected chi connectivity index (χ2v) is 7.28. The van der Waals surface area contributed by atoms with Gasteiger partial charge in [0.05, 0.1) is 0 Å². The van der Waals surface area contributed by atoms with Crippen molar-refractivity contribution < 1.29 is 9.84 Å². The Morgan fingerprint density at radius 2 is 1.89 bits per heavy atom. The maximum Gasteiger partial charge on any atom is 0.122 e. The molecule has 0 aliphatic carbocycles.